The molecule has 0 fully saturated rings. The Bertz CT molecular complexity index is 444. The highest BCUT2D eigenvalue weighted by Gasteiger charge is 2.09. The van der Waals surface area contributed by atoms with Gasteiger partial charge in [0.05, 0.1) is 16.6 Å². The molecule has 1 rings (SSSR count). The Balaban J connectivity index is 3.49. The summed E-state index contributed by atoms with van der Waals surface area (Å²) in [6.07, 6.45) is 0. The molecule has 0 saturated carbocycles. The van der Waals surface area contributed by atoms with Gasteiger partial charge in [0.2, 0.25) is 0 Å². The Hall–Kier alpha value is -0.995. The highest BCUT2D eigenvalue weighted by Crippen LogP contribution is 2.05. The van der Waals surface area contributed by atoms with Crippen LogP contribution >= 0.6 is 0 Å². The second-order valence-corrected chi connectivity index (χ2v) is 1.72. The van der Waals surface area contributed by atoms with E-state index in [9.17, 15) is 0 Å². The van der Waals surface area contributed by atoms with Crippen molar-refractivity contribution in [2.24, 2.45) is 0 Å². The molecule has 0 aliphatic heterocycles. The second kappa shape index (κ2) is 3.41. The first-order chi connectivity index (χ1) is 8.06. The van der Waals surface area contributed by atoms with Crippen LogP contribution in [0.5, 0.6) is 5.75 Å². The second-order valence-electron chi connectivity index (χ2n) is 1.72. The number of methoxy groups -OCH3 is 1. The van der Waals surface area contributed by atoms with E-state index in [1.807, 2.05) is 0 Å². The molecule has 0 aromatic heterocycles. The van der Waals surface area contributed by atoms with Crippen LogP contribution in [0.1, 0.15) is 9.60 Å². The fourth-order valence-electron chi connectivity index (χ4n) is 0.491. The number of benzene rings is 1. The molecule has 2 N–H and O–H groups in total. The monoisotopic (exact) mass is 159 g/mol. The quantitative estimate of drug-likeness (QED) is 0.565. The van der Waals surface area contributed by atoms with Crippen LogP contribution in [0.15, 0.2) is 24.2 Å². The van der Waals surface area contributed by atoms with Crippen molar-refractivity contribution in [3.63, 3.8) is 0 Å². The summed E-state index contributed by atoms with van der Waals surface area (Å²) in [6.45, 7) is 0. The van der Waals surface area contributed by atoms with Crippen molar-refractivity contribution in [1.82, 2.24) is 0 Å². The van der Waals surface area contributed by atoms with Crippen LogP contribution in [0.4, 0.5) is 0 Å². The smallest absolute Gasteiger partial charge is 0.488 e. The van der Waals surface area contributed by atoms with Crippen molar-refractivity contribution >= 4 is 12.6 Å². The molecule has 58 valence electrons. The molecule has 1 aromatic carbocycles. The number of ether oxygens (including phenoxy) is 1. The van der Waals surface area contributed by atoms with Gasteiger partial charge >= 0.3 is 7.12 Å². The van der Waals surface area contributed by atoms with Crippen molar-refractivity contribution < 1.29 is 24.4 Å². The zero-order chi connectivity index (χ0) is 14.2. The van der Waals surface area contributed by atoms with Crippen LogP contribution in [-0.2, 0) is 0 Å². The molecule has 0 heterocycles. The first-order valence-corrected chi connectivity index (χ1v) is 2.71. The van der Waals surface area contributed by atoms with Gasteiger partial charge in [0.25, 0.3) is 0 Å². The van der Waals surface area contributed by atoms with E-state index in [4.69, 9.17) is 19.6 Å². The highest BCUT2D eigenvalue weighted by atomic mass is 16.5. The Morgan fingerprint density at radius 1 is 1.45 bits per heavy atom. The Morgan fingerprint density at radius 3 is 2.55 bits per heavy atom. The zero-order valence-corrected chi connectivity index (χ0v) is 5.38. The third kappa shape index (κ3) is 1.96. The first kappa shape index (κ1) is 2.81. The van der Waals surface area contributed by atoms with Crippen molar-refractivity contribution in [2.45, 2.75) is 0 Å². The van der Waals surface area contributed by atoms with Crippen molar-refractivity contribution in [3.8, 4) is 5.75 Å². The van der Waals surface area contributed by atoms with E-state index < -0.39 is 49.5 Å². The van der Waals surface area contributed by atoms with Crippen LogP contribution in [0.2, 0.25) is 0 Å². The lowest BCUT2D eigenvalue weighted by molar-refractivity contribution is 0.414. The standard InChI is InChI=1S/C7H9BO3/c1-11-7-4-2-6(3-5-7)8(9)10/h2-5,9-10H,1H3/i1D3,2D,3D,4D,5D. The fourth-order valence-corrected chi connectivity index (χ4v) is 0.491. The van der Waals surface area contributed by atoms with E-state index in [0.29, 0.717) is 0 Å². The molecule has 0 saturated heterocycles. The van der Waals surface area contributed by atoms with Crippen LogP contribution < -0.4 is 10.2 Å². The van der Waals surface area contributed by atoms with Gasteiger partial charge in [0.15, 0.2) is 0 Å². The van der Waals surface area contributed by atoms with Gasteiger partial charge in [-0.1, -0.05) is 12.1 Å². The molecule has 0 bridgehead atoms. The lowest BCUT2D eigenvalue weighted by atomic mass is 9.80. The predicted molar refractivity (Wildman–Crippen MR) is 42.8 cm³/mol. The van der Waals surface area contributed by atoms with E-state index in [2.05, 4.69) is 4.74 Å². The molecule has 0 aliphatic carbocycles. The van der Waals surface area contributed by atoms with E-state index in [0.717, 1.165) is 0 Å². The lowest BCUT2D eigenvalue weighted by Crippen LogP contribution is -2.29. The summed E-state index contributed by atoms with van der Waals surface area (Å²) in [5.74, 6) is -0.755. The Morgan fingerprint density at radius 2 is 2.09 bits per heavy atom. The third-order valence-corrected chi connectivity index (χ3v) is 0.982. The SMILES string of the molecule is [2H]c1c([2H])c(B(O)O)c([2H])c([2H])c1OC([2H])([2H])[2H]. The maximum absolute atomic E-state index is 8.95. The average Bonchev–Trinajstić information content (AvgIpc) is 2.20. The largest absolute Gasteiger partial charge is 0.497 e. The van der Waals surface area contributed by atoms with E-state index in [-0.39, 0.29) is 0 Å². The predicted octanol–water partition coefficient (Wildman–Crippen LogP) is -0.625. The van der Waals surface area contributed by atoms with Crippen LogP contribution in [0, 0.1) is 0 Å². The normalized spacial score (nSPS) is 19.6. The highest BCUT2D eigenvalue weighted by molar-refractivity contribution is 6.58. The van der Waals surface area contributed by atoms with E-state index in [1.165, 1.54) is 0 Å². The summed E-state index contributed by atoms with van der Waals surface area (Å²) in [5.41, 5.74) is -0.636. The maximum atomic E-state index is 8.95. The van der Waals surface area contributed by atoms with E-state index >= 15 is 0 Å². The van der Waals surface area contributed by atoms with Crippen molar-refractivity contribution in [2.75, 3.05) is 7.04 Å². The fraction of sp³-hybridized carbons (Fsp3) is 0.143. The van der Waals surface area contributed by atoms with E-state index in [1.54, 1.807) is 0 Å². The molecule has 3 nitrogen and oxygen atoms in total. The minimum absolute atomic E-state index is 0.636. The summed E-state index contributed by atoms with van der Waals surface area (Å²) in [5, 5.41) is 17.9. The van der Waals surface area contributed by atoms with Crippen LogP contribution in [0.3, 0.4) is 0 Å². The molecule has 4 heteroatoms. The van der Waals surface area contributed by atoms with Crippen LogP contribution in [-0.4, -0.2) is 24.2 Å². The third-order valence-electron chi connectivity index (χ3n) is 0.982. The maximum Gasteiger partial charge on any atom is 0.488 e. The van der Waals surface area contributed by atoms with Gasteiger partial charge in [-0.3, -0.25) is 0 Å². The van der Waals surface area contributed by atoms with Gasteiger partial charge in [-0.15, -0.1) is 0 Å². The molecule has 0 unspecified atom stereocenters. The summed E-state index contributed by atoms with van der Waals surface area (Å²) in [4.78, 5) is 0. The van der Waals surface area contributed by atoms with Gasteiger partial charge in [-0.05, 0) is 17.5 Å². The molecular weight excluding hydrogens is 143 g/mol. The minimum Gasteiger partial charge on any atom is -0.497 e. The summed E-state index contributed by atoms with van der Waals surface area (Å²) in [7, 11) is -5.12. The lowest BCUT2D eigenvalue weighted by Gasteiger charge is -2.00. The zero-order valence-electron chi connectivity index (χ0n) is 12.4. The number of rotatable bonds is 2. The molecule has 1 aromatic rings. The van der Waals surface area contributed by atoms with Gasteiger partial charge in [0, 0.05) is 0 Å². The van der Waals surface area contributed by atoms with Gasteiger partial charge in [0.1, 0.15) is 5.75 Å². The molecule has 11 heavy (non-hydrogen) atoms. The van der Waals surface area contributed by atoms with Gasteiger partial charge < -0.3 is 14.8 Å². The topological polar surface area (TPSA) is 49.7 Å². The molecule has 0 amide bonds. The summed E-state index contributed by atoms with van der Waals surface area (Å²) < 4.78 is 54.8. The summed E-state index contributed by atoms with van der Waals surface area (Å²) in [6, 6.07) is -3.08. The molecular formula is C7H9BO3. The van der Waals surface area contributed by atoms with Gasteiger partial charge in [-0.25, -0.2) is 0 Å². The van der Waals surface area contributed by atoms with Crippen molar-refractivity contribution in [1.29, 1.82) is 0 Å². The molecule has 0 aliphatic rings. The molecule has 0 spiro atoms. The van der Waals surface area contributed by atoms with Gasteiger partial charge in [-0.2, -0.15) is 0 Å². The first-order valence-electron chi connectivity index (χ1n) is 6.21. The Labute approximate surface area is 75.2 Å². The van der Waals surface area contributed by atoms with Crippen molar-refractivity contribution in [3.05, 3.63) is 24.2 Å². The Kier molecular flexibility index (Phi) is 0.870. The number of hydrogen-bond acceptors (Lipinski definition) is 3. The number of hydrogen-bond donors (Lipinski definition) is 2. The molecule has 0 atom stereocenters. The molecule has 0 radical (unpaired) electrons. The van der Waals surface area contributed by atoms with Crippen LogP contribution in [0.25, 0.3) is 0 Å². The minimum atomic E-state index is -2.93. The summed E-state index contributed by atoms with van der Waals surface area (Å²) >= 11 is 0. The average molecular weight is 159 g/mol.